The van der Waals surface area contributed by atoms with Gasteiger partial charge in [0.05, 0.1) is 12.7 Å². The Morgan fingerprint density at radius 2 is 1.94 bits per heavy atom. The molecule has 1 N–H and O–H groups in total. The normalized spacial score (nSPS) is 13.7. The molecular weight excluding hydrogens is 200 g/mol. The third-order valence-electron chi connectivity index (χ3n) is 2.79. The summed E-state index contributed by atoms with van der Waals surface area (Å²) in [5.41, 5.74) is 0. The number of nitrogens with zero attached hydrogens (tertiary/aromatic N) is 1. The highest BCUT2D eigenvalue weighted by Gasteiger charge is 2.08. The van der Waals surface area contributed by atoms with E-state index in [4.69, 9.17) is 4.74 Å². The third-order valence-corrected chi connectivity index (χ3v) is 2.79. The van der Waals surface area contributed by atoms with Crippen molar-refractivity contribution in [2.45, 2.75) is 52.7 Å². The van der Waals surface area contributed by atoms with Crippen molar-refractivity contribution in [3.8, 4) is 0 Å². The van der Waals surface area contributed by atoms with E-state index < -0.39 is 0 Å². The summed E-state index contributed by atoms with van der Waals surface area (Å²) in [4.78, 5) is 2.35. The molecule has 0 heterocycles. The molecule has 0 amide bonds. The van der Waals surface area contributed by atoms with Crippen molar-refractivity contribution in [1.29, 1.82) is 0 Å². The van der Waals surface area contributed by atoms with E-state index in [9.17, 15) is 0 Å². The minimum atomic E-state index is 0.339. The van der Waals surface area contributed by atoms with Crippen LogP contribution < -0.4 is 5.32 Å². The second kappa shape index (κ2) is 10.1. The van der Waals surface area contributed by atoms with Crippen molar-refractivity contribution in [3.63, 3.8) is 0 Å². The topological polar surface area (TPSA) is 24.5 Å². The van der Waals surface area contributed by atoms with Gasteiger partial charge in [0.15, 0.2) is 0 Å². The fourth-order valence-electron chi connectivity index (χ4n) is 1.42. The predicted octanol–water partition coefficient (Wildman–Crippen LogP) is 2.12. The molecule has 0 aliphatic heterocycles. The summed E-state index contributed by atoms with van der Waals surface area (Å²) >= 11 is 0. The van der Waals surface area contributed by atoms with Gasteiger partial charge in [0, 0.05) is 19.1 Å². The van der Waals surface area contributed by atoms with Gasteiger partial charge in [-0.15, -0.1) is 0 Å². The summed E-state index contributed by atoms with van der Waals surface area (Å²) in [5.74, 6) is 0. The van der Waals surface area contributed by atoms with Gasteiger partial charge in [-0.05, 0) is 40.8 Å². The van der Waals surface area contributed by atoms with Gasteiger partial charge in [0.2, 0.25) is 0 Å². The number of unbranched alkanes of at least 4 members (excludes halogenated alkanes) is 1. The molecule has 3 heteroatoms. The van der Waals surface area contributed by atoms with Crippen molar-refractivity contribution in [1.82, 2.24) is 10.2 Å². The third kappa shape index (κ3) is 9.13. The molecule has 0 bridgehead atoms. The maximum absolute atomic E-state index is 5.54. The van der Waals surface area contributed by atoms with Crippen LogP contribution in [0.3, 0.4) is 0 Å². The van der Waals surface area contributed by atoms with E-state index in [1.165, 1.54) is 12.8 Å². The van der Waals surface area contributed by atoms with Crippen molar-refractivity contribution >= 4 is 0 Å². The zero-order valence-corrected chi connectivity index (χ0v) is 11.8. The first-order chi connectivity index (χ1) is 7.57. The summed E-state index contributed by atoms with van der Waals surface area (Å²) in [5, 5.41) is 3.48. The molecule has 0 aromatic carbocycles. The largest absolute Gasteiger partial charge is 0.377 e. The summed E-state index contributed by atoms with van der Waals surface area (Å²) in [6.07, 6.45) is 2.87. The average molecular weight is 230 g/mol. The molecule has 16 heavy (non-hydrogen) atoms. The number of hydrogen-bond acceptors (Lipinski definition) is 3. The Hall–Kier alpha value is -0.120. The maximum atomic E-state index is 5.54. The van der Waals surface area contributed by atoms with Crippen LogP contribution >= 0.6 is 0 Å². The molecule has 0 aromatic heterocycles. The average Bonchev–Trinajstić information content (AvgIpc) is 2.23. The highest BCUT2D eigenvalue weighted by atomic mass is 16.5. The minimum absolute atomic E-state index is 0.339. The Bertz CT molecular complexity index is 151. The lowest BCUT2D eigenvalue weighted by Gasteiger charge is -2.25. The van der Waals surface area contributed by atoms with Gasteiger partial charge in [0.25, 0.3) is 0 Å². The van der Waals surface area contributed by atoms with Crippen LogP contribution in [0.25, 0.3) is 0 Å². The lowest BCUT2D eigenvalue weighted by atomic mass is 10.3. The Labute approximate surface area is 102 Å². The number of ether oxygens (including phenoxy) is 1. The molecule has 0 saturated heterocycles. The first kappa shape index (κ1) is 15.9. The van der Waals surface area contributed by atoms with E-state index in [1.54, 1.807) is 0 Å². The highest BCUT2D eigenvalue weighted by Crippen LogP contribution is 1.95. The molecule has 0 aliphatic rings. The Morgan fingerprint density at radius 1 is 1.25 bits per heavy atom. The van der Waals surface area contributed by atoms with Crippen LogP contribution in [0.1, 0.15) is 40.5 Å². The van der Waals surface area contributed by atoms with E-state index in [-0.39, 0.29) is 0 Å². The second-order valence-electron chi connectivity index (χ2n) is 4.81. The van der Waals surface area contributed by atoms with Gasteiger partial charge in [-0.25, -0.2) is 0 Å². The summed E-state index contributed by atoms with van der Waals surface area (Å²) in [7, 11) is 2.16. The van der Waals surface area contributed by atoms with E-state index in [1.807, 2.05) is 0 Å². The van der Waals surface area contributed by atoms with E-state index in [0.29, 0.717) is 12.1 Å². The van der Waals surface area contributed by atoms with E-state index in [0.717, 1.165) is 26.2 Å². The minimum Gasteiger partial charge on any atom is -0.377 e. The molecule has 0 fully saturated rings. The van der Waals surface area contributed by atoms with Crippen LogP contribution in [0.5, 0.6) is 0 Å². The molecule has 0 saturated carbocycles. The molecule has 1 atom stereocenters. The standard InChI is InChI=1S/C13H30N2O/c1-6-7-8-14-11-13(4)15(5)9-10-16-12(2)3/h12-14H,6-11H2,1-5H3. The van der Waals surface area contributed by atoms with Gasteiger partial charge in [-0.3, -0.25) is 0 Å². The molecule has 0 aromatic rings. The summed E-state index contributed by atoms with van der Waals surface area (Å²) in [6.45, 7) is 12.7. The van der Waals surface area contributed by atoms with Gasteiger partial charge < -0.3 is 15.0 Å². The molecular formula is C13H30N2O. The fourth-order valence-corrected chi connectivity index (χ4v) is 1.42. The molecule has 0 rings (SSSR count). The number of hydrogen-bond donors (Lipinski definition) is 1. The van der Waals surface area contributed by atoms with Crippen LogP contribution in [0.2, 0.25) is 0 Å². The molecule has 0 aliphatic carbocycles. The quantitative estimate of drug-likeness (QED) is 0.582. The smallest absolute Gasteiger partial charge is 0.0596 e. The van der Waals surface area contributed by atoms with Crippen LogP contribution in [0.4, 0.5) is 0 Å². The molecule has 1 unspecified atom stereocenters. The molecule has 3 nitrogen and oxygen atoms in total. The zero-order chi connectivity index (χ0) is 12.4. The molecule has 98 valence electrons. The zero-order valence-electron chi connectivity index (χ0n) is 11.8. The summed E-state index contributed by atoms with van der Waals surface area (Å²) < 4.78 is 5.54. The summed E-state index contributed by atoms with van der Waals surface area (Å²) in [6, 6.07) is 0.576. The monoisotopic (exact) mass is 230 g/mol. The van der Waals surface area contributed by atoms with Gasteiger partial charge >= 0.3 is 0 Å². The molecule has 0 radical (unpaired) electrons. The first-order valence-electron chi connectivity index (χ1n) is 6.60. The van der Waals surface area contributed by atoms with Crippen molar-refractivity contribution < 1.29 is 4.74 Å². The van der Waals surface area contributed by atoms with E-state index in [2.05, 4.69) is 45.0 Å². The van der Waals surface area contributed by atoms with Crippen LogP contribution in [-0.4, -0.2) is 50.3 Å². The number of likely N-dealkylation sites (N-methyl/N-ethyl adjacent to an activating group) is 1. The van der Waals surface area contributed by atoms with Crippen molar-refractivity contribution in [2.24, 2.45) is 0 Å². The lowest BCUT2D eigenvalue weighted by Crippen LogP contribution is -2.40. The van der Waals surface area contributed by atoms with Crippen LogP contribution in [0.15, 0.2) is 0 Å². The van der Waals surface area contributed by atoms with Crippen LogP contribution in [0, 0.1) is 0 Å². The van der Waals surface area contributed by atoms with Gasteiger partial charge in [-0.1, -0.05) is 13.3 Å². The number of rotatable bonds is 10. The lowest BCUT2D eigenvalue weighted by molar-refractivity contribution is 0.0573. The Morgan fingerprint density at radius 3 is 2.50 bits per heavy atom. The van der Waals surface area contributed by atoms with E-state index >= 15 is 0 Å². The molecule has 0 spiro atoms. The Kier molecular flexibility index (Phi) is 9.99. The number of nitrogens with one attached hydrogen (secondary N) is 1. The first-order valence-corrected chi connectivity index (χ1v) is 6.60. The second-order valence-corrected chi connectivity index (χ2v) is 4.81. The Balaban J connectivity index is 3.45. The maximum Gasteiger partial charge on any atom is 0.0596 e. The highest BCUT2D eigenvalue weighted by molar-refractivity contribution is 4.66. The van der Waals surface area contributed by atoms with Crippen molar-refractivity contribution in [3.05, 3.63) is 0 Å². The SMILES string of the molecule is CCCCNCC(C)N(C)CCOC(C)C. The predicted molar refractivity (Wildman–Crippen MR) is 71.0 cm³/mol. The van der Waals surface area contributed by atoms with Gasteiger partial charge in [0.1, 0.15) is 0 Å². The fraction of sp³-hybridized carbons (Fsp3) is 1.00. The van der Waals surface area contributed by atoms with Gasteiger partial charge in [-0.2, -0.15) is 0 Å². The van der Waals surface area contributed by atoms with Crippen molar-refractivity contribution in [2.75, 3.05) is 33.3 Å². The van der Waals surface area contributed by atoms with Crippen LogP contribution in [-0.2, 0) is 4.74 Å².